The Morgan fingerprint density at radius 1 is 1.10 bits per heavy atom. The molecule has 160 valence electrons. The van der Waals surface area contributed by atoms with Gasteiger partial charge in [0.05, 0.1) is 12.0 Å². The predicted octanol–water partition coefficient (Wildman–Crippen LogP) is 4.20. The lowest BCUT2D eigenvalue weighted by molar-refractivity contribution is -0.156. The Morgan fingerprint density at radius 3 is 2.55 bits per heavy atom. The molecule has 4 nitrogen and oxygen atoms in total. The van der Waals surface area contributed by atoms with Crippen LogP contribution in [0.4, 0.5) is 0 Å². The minimum Gasteiger partial charge on any atom is -0.465 e. The van der Waals surface area contributed by atoms with Crippen molar-refractivity contribution in [2.24, 2.45) is 34.0 Å². The van der Waals surface area contributed by atoms with E-state index in [1.165, 1.54) is 5.57 Å². The maximum Gasteiger partial charge on any atom is 0.312 e. The lowest BCUT2D eigenvalue weighted by atomic mass is 9.45. The summed E-state index contributed by atoms with van der Waals surface area (Å²) in [6.45, 7) is 7.29. The van der Waals surface area contributed by atoms with Gasteiger partial charge in [0.1, 0.15) is 0 Å². The number of cyclic esters (lactones) is 1. The van der Waals surface area contributed by atoms with Crippen molar-refractivity contribution >= 4 is 22.6 Å². The Balaban J connectivity index is 1.60. The number of ether oxygens (including phenoxy) is 1. The molecule has 1 spiro atoms. The van der Waals surface area contributed by atoms with E-state index in [2.05, 4.69) is 13.8 Å². The Hall–Kier alpha value is -0.970. The number of hydrogen-bond donors (Lipinski definition) is 0. The van der Waals surface area contributed by atoms with Crippen molar-refractivity contribution in [3.8, 4) is 0 Å². The van der Waals surface area contributed by atoms with Crippen LogP contribution in [0.1, 0.15) is 72.1 Å². The zero-order valence-electron chi connectivity index (χ0n) is 18.0. The third-order valence-corrected chi connectivity index (χ3v) is 11.8. The zero-order valence-corrected chi connectivity index (χ0v) is 18.8. The normalized spacial score (nSPS) is 49.8. The molecule has 4 fully saturated rings. The summed E-state index contributed by atoms with van der Waals surface area (Å²) in [6, 6.07) is 0. The van der Waals surface area contributed by atoms with Gasteiger partial charge < -0.3 is 4.74 Å². The fourth-order valence-corrected chi connectivity index (χ4v) is 9.95. The molecule has 0 aromatic carbocycles. The highest BCUT2D eigenvalue weighted by molar-refractivity contribution is 7.85. The minimum absolute atomic E-state index is 0.0278. The van der Waals surface area contributed by atoms with Crippen LogP contribution in [-0.4, -0.2) is 33.6 Å². The Morgan fingerprint density at radius 2 is 1.86 bits per heavy atom. The second kappa shape index (κ2) is 6.51. The number of carbonyl (C=O) groups excluding carboxylic acids is 2. The molecule has 0 aromatic rings. The molecule has 29 heavy (non-hydrogen) atoms. The van der Waals surface area contributed by atoms with E-state index in [1.807, 2.05) is 13.0 Å². The lowest BCUT2D eigenvalue weighted by Gasteiger charge is -2.61. The van der Waals surface area contributed by atoms with Crippen LogP contribution in [0.25, 0.3) is 0 Å². The molecule has 5 aliphatic rings. The monoisotopic (exact) mass is 418 g/mol. The quantitative estimate of drug-likeness (QED) is 0.631. The Labute approximate surface area is 176 Å². The maximum atomic E-state index is 13.3. The summed E-state index contributed by atoms with van der Waals surface area (Å²) in [5.41, 5.74) is 0.958. The van der Waals surface area contributed by atoms with Crippen molar-refractivity contribution in [3.05, 3.63) is 11.6 Å². The minimum atomic E-state index is -0.894. The van der Waals surface area contributed by atoms with Crippen LogP contribution in [0.3, 0.4) is 0 Å². The van der Waals surface area contributed by atoms with E-state index in [0.717, 1.165) is 44.9 Å². The summed E-state index contributed by atoms with van der Waals surface area (Å²) in [4.78, 5) is 25.1. The number of allylic oxidation sites excluding steroid dienone is 1. The number of carbonyl (C=O) groups is 2. The Kier molecular flexibility index (Phi) is 4.48. The zero-order chi connectivity index (χ0) is 20.6. The first-order chi connectivity index (χ1) is 13.8. The lowest BCUT2D eigenvalue weighted by Crippen LogP contribution is -2.58. The highest BCUT2D eigenvalue weighted by Crippen LogP contribution is 2.72. The molecular weight excluding hydrogens is 384 g/mol. The maximum absolute atomic E-state index is 13.3. The summed E-state index contributed by atoms with van der Waals surface area (Å²) < 4.78 is 18.8. The second-order valence-corrected chi connectivity index (χ2v) is 12.7. The summed E-state index contributed by atoms with van der Waals surface area (Å²) in [7, 11) is -0.894. The van der Waals surface area contributed by atoms with Gasteiger partial charge in [0.15, 0.2) is 5.78 Å². The van der Waals surface area contributed by atoms with Crippen molar-refractivity contribution in [2.75, 3.05) is 12.4 Å². The van der Waals surface area contributed by atoms with Crippen LogP contribution >= 0.6 is 0 Å². The van der Waals surface area contributed by atoms with Gasteiger partial charge in [0.25, 0.3) is 0 Å². The van der Waals surface area contributed by atoms with E-state index in [4.69, 9.17) is 4.74 Å². The first-order valence-electron chi connectivity index (χ1n) is 11.5. The van der Waals surface area contributed by atoms with Gasteiger partial charge in [-0.15, -0.1) is 0 Å². The molecular formula is C24H34O4S. The van der Waals surface area contributed by atoms with Crippen LogP contribution in [-0.2, 0) is 25.1 Å². The van der Waals surface area contributed by atoms with E-state index >= 15 is 0 Å². The first kappa shape index (κ1) is 20.0. The number of fused-ring (bicyclic) bond motifs is 6. The molecule has 0 N–H and O–H groups in total. The van der Waals surface area contributed by atoms with Gasteiger partial charge in [-0.25, -0.2) is 0 Å². The molecule has 5 heteroatoms. The van der Waals surface area contributed by atoms with Crippen LogP contribution < -0.4 is 0 Å². The summed E-state index contributed by atoms with van der Waals surface area (Å²) in [5.74, 6) is 2.23. The van der Waals surface area contributed by atoms with Gasteiger partial charge in [-0.3, -0.25) is 13.8 Å². The molecule has 5 rings (SSSR count). The molecule has 4 aliphatic carbocycles. The second-order valence-electron chi connectivity index (χ2n) is 10.7. The molecule has 0 amide bonds. The fourth-order valence-electron chi connectivity index (χ4n) is 8.42. The van der Waals surface area contributed by atoms with Crippen LogP contribution in [0.15, 0.2) is 11.6 Å². The first-order valence-corrected chi connectivity index (χ1v) is 12.9. The topological polar surface area (TPSA) is 60.4 Å². The van der Waals surface area contributed by atoms with Gasteiger partial charge >= 0.3 is 5.97 Å². The smallest absolute Gasteiger partial charge is 0.312 e. The highest BCUT2D eigenvalue weighted by atomic mass is 32.2. The molecule has 0 aromatic heterocycles. The molecule has 3 saturated carbocycles. The van der Waals surface area contributed by atoms with Gasteiger partial charge in [0, 0.05) is 28.2 Å². The molecule has 0 radical (unpaired) electrons. The average Bonchev–Trinajstić information content (AvgIpc) is 3.22. The third-order valence-electron chi connectivity index (χ3n) is 10.1. The van der Waals surface area contributed by atoms with E-state index < -0.39 is 10.8 Å². The number of rotatable bonds is 2. The molecule has 1 saturated heterocycles. The van der Waals surface area contributed by atoms with Gasteiger partial charge in [-0.1, -0.05) is 26.3 Å². The fraction of sp³-hybridized carbons (Fsp3) is 0.833. The molecule has 7 unspecified atom stereocenters. The highest BCUT2D eigenvalue weighted by Gasteiger charge is 2.69. The van der Waals surface area contributed by atoms with Crippen LogP contribution in [0.2, 0.25) is 0 Å². The molecule has 8 atom stereocenters. The van der Waals surface area contributed by atoms with E-state index in [9.17, 15) is 13.8 Å². The van der Waals surface area contributed by atoms with Gasteiger partial charge in [-0.05, 0) is 79.6 Å². The molecule has 1 heterocycles. The van der Waals surface area contributed by atoms with Crippen molar-refractivity contribution in [3.63, 3.8) is 0 Å². The van der Waals surface area contributed by atoms with E-state index in [1.54, 1.807) is 0 Å². The third kappa shape index (κ3) is 2.46. The Bertz CT molecular complexity index is 818. The van der Waals surface area contributed by atoms with E-state index in [0.29, 0.717) is 36.5 Å². The van der Waals surface area contributed by atoms with Crippen molar-refractivity contribution in [1.82, 2.24) is 0 Å². The average molecular weight is 419 g/mol. The molecule has 1 aliphatic heterocycles. The SMILES string of the molecule is CCS(=O)C1CC2=CC(=O)CCC2(C)C2CCC3(C)C(CC[C@@]34CCOC4=O)C12. The van der Waals surface area contributed by atoms with Crippen LogP contribution in [0, 0.1) is 34.0 Å². The summed E-state index contributed by atoms with van der Waals surface area (Å²) in [5, 5.41) is 0.118. The van der Waals surface area contributed by atoms with Crippen molar-refractivity contribution in [1.29, 1.82) is 0 Å². The van der Waals surface area contributed by atoms with Crippen molar-refractivity contribution < 1.29 is 18.5 Å². The largest absolute Gasteiger partial charge is 0.465 e. The summed E-state index contributed by atoms with van der Waals surface area (Å²) >= 11 is 0. The standard InChI is InChI=1S/C24H34O4S/c1-4-29(27)19-14-15-13-16(25)5-8-22(15,2)17-6-9-23(3)18(20(17)19)7-10-24(23)11-12-28-21(24)26/h13,17-20H,4-12,14H2,1-3H3/t17?,18?,19?,20?,22?,23?,24-,29?/m0/s1. The summed E-state index contributed by atoms with van der Waals surface area (Å²) in [6.07, 6.45) is 9.24. The van der Waals surface area contributed by atoms with Gasteiger partial charge in [0.2, 0.25) is 0 Å². The predicted molar refractivity (Wildman–Crippen MR) is 113 cm³/mol. The number of esters is 1. The molecule has 0 bridgehead atoms. The number of hydrogen-bond acceptors (Lipinski definition) is 4. The van der Waals surface area contributed by atoms with Gasteiger partial charge in [-0.2, -0.15) is 0 Å². The van der Waals surface area contributed by atoms with Crippen molar-refractivity contribution in [2.45, 2.75) is 77.4 Å². The number of ketones is 1. The van der Waals surface area contributed by atoms with Crippen LogP contribution in [0.5, 0.6) is 0 Å². The van der Waals surface area contributed by atoms with E-state index in [-0.39, 0.29) is 33.2 Å².